The second-order valence-electron chi connectivity index (χ2n) is 6.23. The van der Waals surface area contributed by atoms with Gasteiger partial charge in [-0.3, -0.25) is 0 Å². The third-order valence-corrected chi connectivity index (χ3v) is 5.11. The highest BCUT2D eigenvalue weighted by Gasteiger charge is 2.30. The molecule has 0 N–H and O–H groups in total. The molecule has 0 saturated heterocycles. The van der Waals surface area contributed by atoms with Crippen molar-refractivity contribution in [3.63, 3.8) is 0 Å². The molecule has 140 valence electrons. The van der Waals surface area contributed by atoms with Crippen molar-refractivity contribution in [1.29, 1.82) is 5.26 Å². The van der Waals surface area contributed by atoms with Crippen LogP contribution in [0.2, 0.25) is 0 Å². The van der Waals surface area contributed by atoms with Crippen LogP contribution in [0.25, 0.3) is 11.6 Å². The average molecular weight is 395 g/mol. The Balaban J connectivity index is 1.77. The molecule has 0 fully saturated rings. The molecule has 0 aliphatic heterocycles. The van der Waals surface area contributed by atoms with E-state index in [-0.39, 0.29) is 0 Å². The van der Waals surface area contributed by atoms with E-state index in [0.29, 0.717) is 11.1 Å². The minimum Gasteiger partial charge on any atom is -0.192 e. The van der Waals surface area contributed by atoms with E-state index in [4.69, 9.17) is 0 Å². The van der Waals surface area contributed by atoms with Crippen molar-refractivity contribution in [2.45, 2.75) is 22.9 Å². The zero-order valence-corrected chi connectivity index (χ0v) is 15.8. The maximum atomic E-state index is 12.7. The summed E-state index contributed by atoms with van der Waals surface area (Å²) in [5.41, 5.74) is 2.05. The summed E-state index contributed by atoms with van der Waals surface area (Å²) in [6.07, 6.45) is -2.72. The number of nitrogens with zero attached hydrogens (tertiary/aromatic N) is 1. The predicted octanol–water partition coefficient (Wildman–Crippen LogP) is 7.23. The van der Waals surface area contributed by atoms with Gasteiger partial charge in [0, 0.05) is 9.79 Å². The Morgan fingerprint density at radius 1 is 0.857 bits per heavy atom. The Morgan fingerprint density at radius 3 is 1.89 bits per heavy atom. The number of benzene rings is 3. The Labute approximate surface area is 166 Å². The van der Waals surface area contributed by atoms with Crippen LogP contribution in [-0.4, -0.2) is 0 Å². The molecule has 0 aliphatic rings. The highest BCUT2D eigenvalue weighted by molar-refractivity contribution is 7.99. The summed E-state index contributed by atoms with van der Waals surface area (Å²) in [5, 5.41) is 9.40. The summed E-state index contributed by atoms with van der Waals surface area (Å²) >= 11 is 1.64. The molecule has 5 heteroatoms. The highest BCUT2D eigenvalue weighted by atomic mass is 32.2. The number of halogens is 3. The lowest BCUT2D eigenvalue weighted by atomic mass is 10.0. The molecule has 0 amide bonds. The number of hydrogen-bond acceptors (Lipinski definition) is 2. The van der Waals surface area contributed by atoms with Crippen molar-refractivity contribution >= 4 is 23.4 Å². The molecule has 3 rings (SSSR count). The lowest BCUT2D eigenvalue weighted by Crippen LogP contribution is -2.04. The van der Waals surface area contributed by atoms with E-state index < -0.39 is 11.7 Å². The van der Waals surface area contributed by atoms with Crippen LogP contribution >= 0.6 is 11.8 Å². The molecular formula is C23H16F3NS. The minimum atomic E-state index is -4.39. The first-order chi connectivity index (χ1) is 13.3. The molecule has 0 radical (unpaired) electrons. The molecule has 0 aliphatic carbocycles. The number of aryl methyl sites for hydroxylation is 1. The van der Waals surface area contributed by atoms with E-state index >= 15 is 0 Å². The Kier molecular flexibility index (Phi) is 5.91. The van der Waals surface area contributed by atoms with E-state index in [1.165, 1.54) is 17.7 Å². The van der Waals surface area contributed by atoms with Crippen LogP contribution in [-0.2, 0) is 6.18 Å². The van der Waals surface area contributed by atoms with Gasteiger partial charge in [0.05, 0.1) is 17.2 Å². The topological polar surface area (TPSA) is 23.8 Å². The van der Waals surface area contributed by atoms with E-state index in [0.717, 1.165) is 27.5 Å². The van der Waals surface area contributed by atoms with E-state index in [1.54, 1.807) is 17.8 Å². The first-order valence-electron chi connectivity index (χ1n) is 8.49. The molecule has 0 heterocycles. The van der Waals surface area contributed by atoms with Crippen molar-refractivity contribution in [3.05, 3.63) is 95.1 Å². The summed E-state index contributed by atoms with van der Waals surface area (Å²) in [6.45, 7) is 2.04. The Hall–Kier alpha value is -2.97. The zero-order chi connectivity index (χ0) is 20.1. The summed E-state index contributed by atoms with van der Waals surface area (Å²) in [6, 6.07) is 22.6. The summed E-state index contributed by atoms with van der Waals surface area (Å²) < 4.78 is 38.0. The van der Waals surface area contributed by atoms with Gasteiger partial charge in [0.15, 0.2) is 0 Å². The van der Waals surface area contributed by atoms with Gasteiger partial charge >= 0.3 is 6.18 Å². The number of hydrogen-bond donors (Lipinski definition) is 0. The van der Waals surface area contributed by atoms with Crippen molar-refractivity contribution < 1.29 is 13.2 Å². The molecule has 0 unspecified atom stereocenters. The minimum absolute atomic E-state index is 0.313. The Bertz CT molecular complexity index is 1010. The number of allylic oxidation sites excluding steroid dienone is 1. The van der Waals surface area contributed by atoms with Crippen LogP contribution in [0.1, 0.15) is 22.3 Å². The molecule has 1 nitrogen and oxygen atoms in total. The fourth-order valence-corrected chi connectivity index (χ4v) is 3.38. The third kappa shape index (κ3) is 5.05. The molecule has 0 saturated carbocycles. The molecule has 0 spiro atoms. The summed E-state index contributed by atoms with van der Waals surface area (Å²) in [4.78, 5) is 2.20. The monoisotopic (exact) mass is 395 g/mol. The third-order valence-electron chi connectivity index (χ3n) is 4.09. The average Bonchev–Trinajstić information content (AvgIpc) is 2.68. The van der Waals surface area contributed by atoms with Crippen molar-refractivity contribution in [2.75, 3.05) is 0 Å². The first kappa shape index (κ1) is 19.8. The molecule has 0 atom stereocenters. The molecule has 3 aromatic rings. The number of nitriles is 1. The van der Waals surface area contributed by atoms with E-state index in [1.807, 2.05) is 31.2 Å². The van der Waals surface area contributed by atoms with Crippen LogP contribution in [0.5, 0.6) is 0 Å². The highest BCUT2D eigenvalue weighted by Crippen LogP contribution is 2.31. The molecule has 0 aromatic heterocycles. The van der Waals surface area contributed by atoms with Gasteiger partial charge in [0.2, 0.25) is 0 Å². The SMILES string of the molecule is Cc1ccc(Sc2ccc(/C=C(/C#N)c3ccc(C(F)(F)F)cc3)cc2)cc1. The van der Waals surface area contributed by atoms with Gasteiger partial charge in [-0.1, -0.05) is 53.7 Å². The lowest BCUT2D eigenvalue weighted by Gasteiger charge is -2.07. The zero-order valence-electron chi connectivity index (χ0n) is 15.0. The van der Waals surface area contributed by atoms with Gasteiger partial charge in [-0.25, -0.2) is 0 Å². The quantitative estimate of drug-likeness (QED) is 0.344. The predicted molar refractivity (Wildman–Crippen MR) is 107 cm³/mol. The fourth-order valence-electron chi connectivity index (χ4n) is 2.56. The van der Waals surface area contributed by atoms with Crippen LogP contribution in [0.3, 0.4) is 0 Å². The van der Waals surface area contributed by atoms with Gasteiger partial charge in [-0.15, -0.1) is 0 Å². The number of alkyl halides is 3. The number of rotatable bonds is 4. The van der Waals surface area contributed by atoms with Gasteiger partial charge in [0.25, 0.3) is 0 Å². The molecular weight excluding hydrogens is 379 g/mol. The van der Waals surface area contributed by atoms with Crippen LogP contribution < -0.4 is 0 Å². The lowest BCUT2D eigenvalue weighted by molar-refractivity contribution is -0.137. The first-order valence-corrected chi connectivity index (χ1v) is 9.31. The van der Waals surface area contributed by atoms with E-state index in [2.05, 4.69) is 30.3 Å². The van der Waals surface area contributed by atoms with Crippen LogP contribution in [0, 0.1) is 18.3 Å². The van der Waals surface area contributed by atoms with Crippen LogP contribution in [0.15, 0.2) is 82.6 Å². The molecule has 28 heavy (non-hydrogen) atoms. The van der Waals surface area contributed by atoms with Crippen molar-refractivity contribution in [3.8, 4) is 6.07 Å². The van der Waals surface area contributed by atoms with Gasteiger partial charge in [-0.05, 0) is 60.5 Å². The summed E-state index contributed by atoms with van der Waals surface area (Å²) in [5.74, 6) is 0. The van der Waals surface area contributed by atoms with Crippen LogP contribution in [0.4, 0.5) is 13.2 Å². The normalized spacial score (nSPS) is 11.9. The second kappa shape index (κ2) is 8.37. The van der Waals surface area contributed by atoms with E-state index in [9.17, 15) is 18.4 Å². The van der Waals surface area contributed by atoms with Crippen molar-refractivity contribution in [1.82, 2.24) is 0 Å². The maximum Gasteiger partial charge on any atom is 0.416 e. The van der Waals surface area contributed by atoms with Gasteiger partial charge < -0.3 is 0 Å². The fraction of sp³-hybridized carbons (Fsp3) is 0.0870. The van der Waals surface area contributed by atoms with Crippen molar-refractivity contribution in [2.24, 2.45) is 0 Å². The van der Waals surface area contributed by atoms with Gasteiger partial charge in [0.1, 0.15) is 0 Å². The van der Waals surface area contributed by atoms with Gasteiger partial charge in [-0.2, -0.15) is 18.4 Å². The molecule has 0 bridgehead atoms. The largest absolute Gasteiger partial charge is 0.416 e. The maximum absolute atomic E-state index is 12.7. The second-order valence-corrected chi connectivity index (χ2v) is 7.38. The molecule has 3 aromatic carbocycles. The summed E-state index contributed by atoms with van der Waals surface area (Å²) in [7, 11) is 0. The smallest absolute Gasteiger partial charge is 0.192 e. The Morgan fingerprint density at radius 2 is 1.39 bits per heavy atom. The standard InChI is InChI=1S/C23H16F3NS/c1-16-2-10-21(11-3-16)28-22-12-4-17(5-13-22)14-19(15-27)18-6-8-20(9-7-18)23(24,25)26/h2-14H,1H3/b19-14-.